The predicted molar refractivity (Wildman–Crippen MR) is 39.5 cm³/mol. The Bertz CT molecular complexity index is 193. The molecule has 0 aromatic carbocycles. The van der Waals surface area contributed by atoms with Crippen LogP contribution in [-0.4, -0.2) is 4.98 Å². The fourth-order valence-corrected chi connectivity index (χ4v) is 1.34. The van der Waals surface area contributed by atoms with Crippen molar-refractivity contribution in [3.63, 3.8) is 0 Å². The third kappa shape index (κ3) is 1.50. The number of aryl methyl sites for hydroxylation is 1. The third-order valence-electron chi connectivity index (χ3n) is 1.03. The zero-order chi connectivity index (χ0) is 6.85. The molecule has 0 radical (unpaired) electrons. The molecular weight excluding hydrogens is 132 g/mol. The van der Waals surface area contributed by atoms with E-state index in [1.807, 2.05) is 19.2 Å². The van der Waals surface area contributed by atoms with Gasteiger partial charge in [-0.2, -0.15) is 0 Å². The zero-order valence-corrected chi connectivity index (χ0v) is 6.40. The Kier molecular flexibility index (Phi) is 1.83. The molecule has 0 spiro atoms. The van der Waals surface area contributed by atoms with Gasteiger partial charge >= 0.3 is 0 Å². The lowest BCUT2D eigenvalue weighted by Gasteiger charge is -1.95. The van der Waals surface area contributed by atoms with Crippen molar-refractivity contribution in [2.75, 3.05) is 0 Å². The summed E-state index contributed by atoms with van der Waals surface area (Å²) in [5.74, 6) is 0. The summed E-state index contributed by atoms with van der Waals surface area (Å²) in [4.78, 5) is 4.20. The van der Waals surface area contributed by atoms with Gasteiger partial charge in [0.2, 0.25) is 0 Å². The minimum atomic E-state index is 0.0868. The summed E-state index contributed by atoms with van der Waals surface area (Å²) >= 11 is 1.62. The highest BCUT2D eigenvalue weighted by Gasteiger charge is 2.01. The van der Waals surface area contributed by atoms with Crippen LogP contribution in [-0.2, 0) is 0 Å². The summed E-state index contributed by atoms with van der Waals surface area (Å²) in [5.41, 5.74) is 6.64. The molecule has 1 rings (SSSR count). The lowest BCUT2D eigenvalue weighted by atomic mass is 10.4. The van der Waals surface area contributed by atoms with Crippen LogP contribution in [0.1, 0.15) is 23.7 Å². The molecule has 9 heavy (non-hydrogen) atoms. The van der Waals surface area contributed by atoms with Crippen molar-refractivity contribution in [3.05, 3.63) is 16.1 Å². The van der Waals surface area contributed by atoms with E-state index in [2.05, 4.69) is 4.98 Å². The Morgan fingerprint density at radius 1 is 1.78 bits per heavy atom. The van der Waals surface area contributed by atoms with Gasteiger partial charge in [0.05, 0.1) is 6.04 Å². The molecule has 0 fully saturated rings. The maximum Gasteiger partial charge on any atom is 0.109 e. The quantitative estimate of drug-likeness (QED) is 0.645. The zero-order valence-electron chi connectivity index (χ0n) is 5.59. The van der Waals surface area contributed by atoms with E-state index in [-0.39, 0.29) is 6.04 Å². The van der Waals surface area contributed by atoms with E-state index in [0.29, 0.717) is 0 Å². The maximum atomic E-state index is 5.57. The van der Waals surface area contributed by atoms with Gasteiger partial charge in [-0.25, -0.2) is 4.98 Å². The highest BCUT2D eigenvalue weighted by atomic mass is 32.1. The standard InChI is InChI=1S/C6H10N2S/c1-4-3-9-6(8-4)5(2)7/h3,5H,7H2,1-2H3/t5-/m0/s1. The molecule has 3 heteroatoms. The Balaban J connectivity index is 2.85. The third-order valence-corrected chi connectivity index (χ3v) is 2.19. The highest BCUT2D eigenvalue weighted by Crippen LogP contribution is 2.14. The molecule has 0 aliphatic rings. The summed E-state index contributed by atoms with van der Waals surface area (Å²) in [6, 6.07) is 0.0868. The second-order valence-electron chi connectivity index (χ2n) is 2.12. The molecule has 0 saturated heterocycles. The van der Waals surface area contributed by atoms with Gasteiger partial charge in [0.15, 0.2) is 0 Å². The van der Waals surface area contributed by atoms with Crippen LogP contribution in [0.4, 0.5) is 0 Å². The van der Waals surface area contributed by atoms with Gasteiger partial charge in [0.1, 0.15) is 5.01 Å². The first-order chi connectivity index (χ1) is 4.20. The van der Waals surface area contributed by atoms with Crippen molar-refractivity contribution in [1.82, 2.24) is 4.98 Å². The minimum Gasteiger partial charge on any atom is -0.322 e. The van der Waals surface area contributed by atoms with Crippen LogP contribution in [0.2, 0.25) is 0 Å². The molecule has 1 heterocycles. The van der Waals surface area contributed by atoms with Crippen LogP contribution in [0.3, 0.4) is 0 Å². The van der Waals surface area contributed by atoms with E-state index in [4.69, 9.17) is 5.73 Å². The SMILES string of the molecule is Cc1csc([C@H](C)N)n1. The van der Waals surface area contributed by atoms with Gasteiger partial charge in [0, 0.05) is 11.1 Å². The van der Waals surface area contributed by atoms with E-state index in [9.17, 15) is 0 Å². The van der Waals surface area contributed by atoms with Crippen LogP contribution >= 0.6 is 11.3 Å². The summed E-state index contributed by atoms with van der Waals surface area (Å²) in [7, 11) is 0. The van der Waals surface area contributed by atoms with E-state index >= 15 is 0 Å². The molecular formula is C6H10N2S. The van der Waals surface area contributed by atoms with Gasteiger partial charge in [-0.3, -0.25) is 0 Å². The van der Waals surface area contributed by atoms with Crippen LogP contribution in [0.25, 0.3) is 0 Å². The first-order valence-corrected chi connectivity index (χ1v) is 3.75. The first-order valence-electron chi connectivity index (χ1n) is 2.88. The van der Waals surface area contributed by atoms with Crippen molar-refractivity contribution in [2.24, 2.45) is 5.73 Å². The fourth-order valence-electron chi connectivity index (χ4n) is 0.581. The van der Waals surface area contributed by atoms with Crippen molar-refractivity contribution in [1.29, 1.82) is 0 Å². The lowest BCUT2D eigenvalue weighted by molar-refractivity contribution is 0.803. The van der Waals surface area contributed by atoms with Gasteiger partial charge in [0.25, 0.3) is 0 Å². The topological polar surface area (TPSA) is 38.9 Å². The minimum absolute atomic E-state index is 0.0868. The lowest BCUT2D eigenvalue weighted by Crippen LogP contribution is -2.03. The van der Waals surface area contributed by atoms with E-state index in [0.717, 1.165) is 10.7 Å². The average molecular weight is 142 g/mol. The first kappa shape index (κ1) is 6.71. The van der Waals surface area contributed by atoms with E-state index in [1.165, 1.54) is 0 Å². The molecule has 1 aromatic heterocycles. The van der Waals surface area contributed by atoms with Crippen LogP contribution in [0.15, 0.2) is 5.38 Å². The number of rotatable bonds is 1. The summed E-state index contributed by atoms with van der Waals surface area (Å²) in [6.07, 6.45) is 0. The summed E-state index contributed by atoms with van der Waals surface area (Å²) in [5, 5.41) is 3.03. The largest absolute Gasteiger partial charge is 0.322 e. The van der Waals surface area contributed by atoms with Gasteiger partial charge < -0.3 is 5.73 Å². The van der Waals surface area contributed by atoms with Crippen molar-refractivity contribution in [3.8, 4) is 0 Å². The van der Waals surface area contributed by atoms with E-state index < -0.39 is 0 Å². The number of hydrogen-bond acceptors (Lipinski definition) is 3. The Hall–Kier alpha value is -0.410. The highest BCUT2D eigenvalue weighted by molar-refractivity contribution is 7.09. The average Bonchev–Trinajstić information content (AvgIpc) is 2.14. The Labute approximate surface area is 58.7 Å². The number of aromatic nitrogens is 1. The monoisotopic (exact) mass is 142 g/mol. The summed E-state index contributed by atoms with van der Waals surface area (Å²) in [6.45, 7) is 3.92. The molecule has 2 nitrogen and oxygen atoms in total. The number of thiazole rings is 1. The van der Waals surface area contributed by atoms with Crippen LogP contribution < -0.4 is 5.73 Å². The molecule has 1 aromatic rings. The molecule has 0 unspecified atom stereocenters. The second kappa shape index (κ2) is 2.45. The van der Waals surface area contributed by atoms with E-state index in [1.54, 1.807) is 11.3 Å². The smallest absolute Gasteiger partial charge is 0.109 e. The van der Waals surface area contributed by atoms with Crippen molar-refractivity contribution >= 4 is 11.3 Å². The van der Waals surface area contributed by atoms with Gasteiger partial charge in [-0.1, -0.05) is 0 Å². The predicted octanol–water partition coefficient (Wildman–Crippen LogP) is 1.47. The van der Waals surface area contributed by atoms with Gasteiger partial charge in [-0.05, 0) is 13.8 Å². The molecule has 2 N–H and O–H groups in total. The van der Waals surface area contributed by atoms with Crippen molar-refractivity contribution in [2.45, 2.75) is 19.9 Å². The maximum absolute atomic E-state index is 5.57. The number of nitrogens with zero attached hydrogens (tertiary/aromatic N) is 1. The molecule has 0 saturated carbocycles. The molecule has 0 amide bonds. The molecule has 0 bridgehead atoms. The van der Waals surface area contributed by atoms with Crippen LogP contribution in [0, 0.1) is 6.92 Å². The van der Waals surface area contributed by atoms with Gasteiger partial charge in [-0.15, -0.1) is 11.3 Å². The molecule has 1 atom stereocenters. The number of hydrogen-bond donors (Lipinski definition) is 1. The molecule has 0 aliphatic carbocycles. The Morgan fingerprint density at radius 2 is 2.44 bits per heavy atom. The normalized spacial score (nSPS) is 13.7. The Morgan fingerprint density at radius 3 is 2.67 bits per heavy atom. The second-order valence-corrected chi connectivity index (χ2v) is 3.01. The van der Waals surface area contributed by atoms with Crippen LogP contribution in [0.5, 0.6) is 0 Å². The van der Waals surface area contributed by atoms with Crippen molar-refractivity contribution < 1.29 is 0 Å². The molecule has 0 aliphatic heterocycles. The molecule has 50 valence electrons. The summed E-state index contributed by atoms with van der Waals surface area (Å²) < 4.78 is 0. The fraction of sp³-hybridized carbons (Fsp3) is 0.500. The number of nitrogens with two attached hydrogens (primary N) is 1.